The molecule has 2 rings (SSSR count). The maximum atomic E-state index is 5.87. The topological polar surface area (TPSA) is 27.7 Å². The Kier molecular flexibility index (Phi) is 6.24. The molecule has 114 valence electrons. The normalized spacial score (nSPS) is 11.8. The summed E-state index contributed by atoms with van der Waals surface area (Å²) in [6, 6.07) is 9.90. The summed E-state index contributed by atoms with van der Waals surface area (Å²) in [5.74, 6) is 0.634. The van der Waals surface area contributed by atoms with Crippen LogP contribution in [0.2, 0.25) is 0 Å². The third kappa shape index (κ3) is 4.27. The highest BCUT2D eigenvalue weighted by Gasteiger charge is 2.23. The molecule has 0 aliphatic rings. The fourth-order valence-electron chi connectivity index (χ4n) is 1.84. The van der Waals surface area contributed by atoms with Crippen LogP contribution < -0.4 is 4.52 Å². The van der Waals surface area contributed by atoms with Gasteiger partial charge >= 0.3 is 6.72 Å². The highest BCUT2D eigenvalue weighted by atomic mass is 79.9. The van der Waals surface area contributed by atoms with Crippen molar-refractivity contribution in [2.45, 2.75) is 13.8 Å². The van der Waals surface area contributed by atoms with E-state index >= 15 is 0 Å². The summed E-state index contributed by atoms with van der Waals surface area (Å²) in [7, 11) is 0. The Morgan fingerprint density at radius 1 is 1.05 bits per heavy atom. The summed E-state index contributed by atoms with van der Waals surface area (Å²) in [5.41, 5.74) is 0. The summed E-state index contributed by atoms with van der Waals surface area (Å²) >= 11 is 12.5. The summed E-state index contributed by atoms with van der Waals surface area (Å²) in [6.07, 6.45) is 0. The lowest BCUT2D eigenvalue weighted by atomic mass is 10.1. The molecule has 0 bridgehead atoms. The Balaban J connectivity index is 2.40. The van der Waals surface area contributed by atoms with E-state index in [9.17, 15) is 0 Å². The molecule has 0 saturated heterocycles. The molecule has 0 aliphatic heterocycles. The van der Waals surface area contributed by atoms with E-state index < -0.39 is 6.72 Å². The smallest absolute Gasteiger partial charge is 0.380 e. The van der Waals surface area contributed by atoms with E-state index in [1.54, 1.807) is 0 Å². The molecule has 0 fully saturated rings. The van der Waals surface area contributed by atoms with Gasteiger partial charge in [0.05, 0.1) is 17.7 Å². The van der Waals surface area contributed by atoms with Gasteiger partial charge in [-0.05, 0) is 58.7 Å². The van der Waals surface area contributed by atoms with Gasteiger partial charge in [-0.3, -0.25) is 9.05 Å². The van der Waals surface area contributed by atoms with E-state index in [-0.39, 0.29) is 0 Å². The summed E-state index contributed by atoms with van der Waals surface area (Å²) < 4.78 is 18.8. The summed E-state index contributed by atoms with van der Waals surface area (Å²) in [6.45, 7) is 1.89. The van der Waals surface area contributed by atoms with Crippen LogP contribution in [0.1, 0.15) is 13.8 Å². The lowest BCUT2D eigenvalue weighted by Crippen LogP contribution is -2.02. The van der Waals surface area contributed by atoms with Crippen LogP contribution in [0.5, 0.6) is 5.75 Å². The van der Waals surface area contributed by atoms with Gasteiger partial charge in [-0.25, -0.2) is 0 Å². The molecule has 0 spiro atoms. The molecule has 2 aromatic carbocycles. The van der Waals surface area contributed by atoms with Crippen LogP contribution in [0.4, 0.5) is 0 Å². The first-order valence-electron chi connectivity index (χ1n) is 6.45. The molecule has 0 amide bonds. The van der Waals surface area contributed by atoms with Crippen molar-refractivity contribution in [1.29, 1.82) is 0 Å². The molecule has 0 N–H and O–H groups in total. The van der Waals surface area contributed by atoms with Gasteiger partial charge in [0, 0.05) is 16.3 Å². The molecule has 0 aliphatic carbocycles. The van der Waals surface area contributed by atoms with Crippen molar-refractivity contribution in [3.63, 3.8) is 0 Å². The maximum Gasteiger partial charge on any atom is 0.380 e. The number of hydrogen-bond donors (Lipinski definition) is 0. The van der Waals surface area contributed by atoms with E-state index in [4.69, 9.17) is 25.4 Å². The van der Waals surface area contributed by atoms with Crippen LogP contribution in [0, 0.1) is 0 Å². The van der Waals surface area contributed by atoms with Gasteiger partial charge in [-0.15, -0.1) is 0 Å². The molecule has 3 nitrogen and oxygen atoms in total. The lowest BCUT2D eigenvalue weighted by Gasteiger charge is -2.22. The van der Waals surface area contributed by atoms with E-state index in [0.29, 0.717) is 19.0 Å². The highest BCUT2D eigenvalue weighted by molar-refractivity contribution is 9.11. The van der Waals surface area contributed by atoms with Crippen molar-refractivity contribution in [1.82, 2.24) is 0 Å². The zero-order valence-electron chi connectivity index (χ0n) is 11.6. The van der Waals surface area contributed by atoms with Gasteiger partial charge < -0.3 is 4.52 Å². The molecule has 7 heteroatoms. The molecule has 2 aromatic rings. The third-order valence-corrected chi connectivity index (χ3v) is 6.40. The van der Waals surface area contributed by atoms with Crippen molar-refractivity contribution in [2.24, 2.45) is 0 Å². The minimum atomic E-state index is -2.76. The SMILES string of the molecule is CCOP(=S)(OCC)Oc1ccc2cc(Br)ccc2c1Br. The fourth-order valence-corrected chi connectivity index (χ4v) is 5.00. The monoisotopic (exact) mass is 452 g/mol. The highest BCUT2D eigenvalue weighted by Crippen LogP contribution is 2.51. The number of halogens is 2. The first kappa shape index (κ1) is 17.4. The van der Waals surface area contributed by atoms with Crippen LogP contribution in [0.15, 0.2) is 39.3 Å². The van der Waals surface area contributed by atoms with Crippen LogP contribution >= 0.6 is 38.6 Å². The van der Waals surface area contributed by atoms with Gasteiger partial charge in [0.15, 0.2) is 0 Å². The Bertz CT molecular complexity index is 683. The maximum absolute atomic E-state index is 5.87. The Morgan fingerprint density at radius 2 is 1.71 bits per heavy atom. The number of fused-ring (bicyclic) bond motifs is 1. The largest absolute Gasteiger partial charge is 0.423 e. The Labute approximate surface area is 146 Å². The predicted octanol–water partition coefficient (Wildman–Crippen LogP) is 6.04. The quantitative estimate of drug-likeness (QED) is 0.498. The number of benzene rings is 2. The van der Waals surface area contributed by atoms with Crippen molar-refractivity contribution in [3.05, 3.63) is 39.3 Å². The van der Waals surface area contributed by atoms with E-state index in [1.165, 1.54) is 0 Å². The standard InChI is InChI=1S/C14H15Br2O3PS/c1-3-17-20(21,18-4-2)19-13-8-5-10-9-11(15)6-7-12(10)14(13)16/h5-9H,3-4H2,1-2H3. The molecular formula is C14H15Br2O3PS. The first-order valence-corrected chi connectivity index (χ1v) is 10.6. The van der Waals surface area contributed by atoms with Crippen LogP contribution in [0.25, 0.3) is 10.8 Å². The van der Waals surface area contributed by atoms with Crippen LogP contribution in [0.3, 0.4) is 0 Å². The Morgan fingerprint density at radius 3 is 2.33 bits per heavy atom. The molecule has 0 heterocycles. The molecule has 0 aromatic heterocycles. The van der Waals surface area contributed by atoms with E-state index in [0.717, 1.165) is 19.7 Å². The number of hydrogen-bond acceptors (Lipinski definition) is 4. The summed E-state index contributed by atoms with van der Waals surface area (Å²) in [4.78, 5) is 0. The van der Waals surface area contributed by atoms with Crippen molar-refractivity contribution in [2.75, 3.05) is 13.2 Å². The first-order chi connectivity index (χ1) is 9.99. The van der Waals surface area contributed by atoms with Gasteiger partial charge in [0.2, 0.25) is 0 Å². The van der Waals surface area contributed by atoms with E-state index in [1.807, 2.05) is 44.2 Å². The van der Waals surface area contributed by atoms with Crippen molar-refractivity contribution < 1.29 is 13.6 Å². The average Bonchev–Trinajstić information content (AvgIpc) is 2.42. The average molecular weight is 454 g/mol. The van der Waals surface area contributed by atoms with Gasteiger partial charge in [0.1, 0.15) is 5.75 Å². The molecule has 0 saturated carbocycles. The Hall–Kier alpha value is 0.0300. The molecule has 0 radical (unpaired) electrons. The molecule has 21 heavy (non-hydrogen) atoms. The third-order valence-electron chi connectivity index (χ3n) is 2.67. The molecule has 0 atom stereocenters. The fraction of sp³-hybridized carbons (Fsp3) is 0.286. The van der Waals surface area contributed by atoms with Gasteiger partial charge in [-0.1, -0.05) is 28.1 Å². The minimum absolute atomic E-state index is 0.454. The zero-order chi connectivity index (χ0) is 15.5. The molecule has 0 unspecified atom stereocenters. The summed E-state index contributed by atoms with van der Waals surface area (Å²) in [5, 5.41) is 2.15. The zero-order valence-corrected chi connectivity index (χ0v) is 16.5. The van der Waals surface area contributed by atoms with Crippen molar-refractivity contribution >= 4 is 61.2 Å². The second-order valence-electron chi connectivity index (χ2n) is 4.12. The number of rotatable bonds is 6. The lowest BCUT2D eigenvalue weighted by molar-refractivity contribution is 0.217. The van der Waals surface area contributed by atoms with Crippen LogP contribution in [-0.4, -0.2) is 13.2 Å². The van der Waals surface area contributed by atoms with E-state index in [2.05, 4.69) is 31.9 Å². The second kappa shape index (κ2) is 7.53. The van der Waals surface area contributed by atoms with Crippen LogP contribution in [-0.2, 0) is 20.9 Å². The van der Waals surface area contributed by atoms with Gasteiger partial charge in [-0.2, -0.15) is 0 Å². The predicted molar refractivity (Wildman–Crippen MR) is 97.5 cm³/mol. The minimum Gasteiger partial charge on any atom is -0.423 e. The van der Waals surface area contributed by atoms with Gasteiger partial charge in [0.25, 0.3) is 0 Å². The molecular weight excluding hydrogens is 439 g/mol. The second-order valence-corrected chi connectivity index (χ2v) is 8.76. The van der Waals surface area contributed by atoms with Crippen molar-refractivity contribution in [3.8, 4) is 5.75 Å².